The molecule has 0 saturated heterocycles. The summed E-state index contributed by atoms with van der Waals surface area (Å²) in [6, 6.07) is 15.2. The Bertz CT molecular complexity index is 636. The van der Waals surface area contributed by atoms with E-state index in [4.69, 9.17) is 5.73 Å². The van der Waals surface area contributed by atoms with Crippen molar-refractivity contribution in [2.24, 2.45) is 5.73 Å². The van der Waals surface area contributed by atoms with Gasteiger partial charge in [-0.1, -0.05) is 36.4 Å². The van der Waals surface area contributed by atoms with E-state index in [1.54, 1.807) is 6.07 Å². The van der Waals surface area contributed by atoms with E-state index in [1.165, 1.54) is 0 Å². The lowest BCUT2D eigenvalue weighted by Crippen LogP contribution is -2.29. The highest BCUT2D eigenvalue weighted by molar-refractivity contribution is 6.39. The Balaban J connectivity index is 2.32. The van der Waals surface area contributed by atoms with E-state index in [2.05, 4.69) is 5.32 Å². The van der Waals surface area contributed by atoms with E-state index in [9.17, 15) is 9.59 Å². The van der Waals surface area contributed by atoms with Crippen molar-refractivity contribution in [1.29, 1.82) is 0 Å². The van der Waals surface area contributed by atoms with Gasteiger partial charge < -0.3 is 11.1 Å². The van der Waals surface area contributed by atoms with Gasteiger partial charge >= 0.3 is 11.8 Å². The van der Waals surface area contributed by atoms with Gasteiger partial charge in [-0.3, -0.25) is 9.59 Å². The minimum absolute atomic E-state index is 0.546. The van der Waals surface area contributed by atoms with Crippen LogP contribution in [0.2, 0.25) is 0 Å². The summed E-state index contributed by atoms with van der Waals surface area (Å²) in [6.45, 7) is 2.02. The lowest BCUT2D eigenvalue weighted by Gasteiger charge is -2.08. The van der Waals surface area contributed by atoms with Crippen LogP contribution in [-0.2, 0) is 9.59 Å². The van der Waals surface area contributed by atoms with E-state index in [0.29, 0.717) is 5.69 Å². The van der Waals surface area contributed by atoms with Gasteiger partial charge in [0.1, 0.15) is 0 Å². The first-order valence-electron chi connectivity index (χ1n) is 5.85. The average Bonchev–Trinajstić information content (AvgIpc) is 2.39. The van der Waals surface area contributed by atoms with E-state index in [1.807, 2.05) is 49.4 Å². The third kappa shape index (κ3) is 2.98. The molecule has 0 aliphatic rings. The molecule has 4 nitrogen and oxygen atoms in total. The monoisotopic (exact) mass is 254 g/mol. The molecule has 3 N–H and O–H groups in total. The number of hydrogen-bond acceptors (Lipinski definition) is 2. The molecule has 2 amide bonds. The van der Waals surface area contributed by atoms with Crippen molar-refractivity contribution in [2.45, 2.75) is 6.92 Å². The zero-order valence-corrected chi connectivity index (χ0v) is 10.5. The number of primary amides is 1. The third-order valence-corrected chi connectivity index (χ3v) is 2.80. The third-order valence-electron chi connectivity index (χ3n) is 2.80. The number of nitrogens with two attached hydrogens (primary N) is 1. The molecule has 2 aromatic carbocycles. The number of hydrogen-bond donors (Lipinski definition) is 2. The maximum absolute atomic E-state index is 11.2. The van der Waals surface area contributed by atoms with Crippen molar-refractivity contribution in [3.8, 4) is 11.1 Å². The minimum Gasteiger partial charge on any atom is -0.361 e. The molecule has 2 rings (SSSR count). The topological polar surface area (TPSA) is 72.2 Å². The highest BCUT2D eigenvalue weighted by atomic mass is 16.2. The van der Waals surface area contributed by atoms with Crippen molar-refractivity contribution in [1.82, 2.24) is 0 Å². The van der Waals surface area contributed by atoms with Crippen LogP contribution in [0.3, 0.4) is 0 Å². The summed E-state index contributed by atoms with van der Waals surface area (Å²) in [6.07, 6.45) is 0. The summed E-state index contributed by atoms with van der Waals surface area (Å²) in [5.41, 5.74) is 8.65. The van der Waals surface area contributed by atoms with Gasteiger partial charge in [0.2, 0.25) is 0 Å². The van der Waals surface area contributed by atoms with Crippen LogP contribution in [0.5, 0.6) is 0 Å². The minimum atomic E-state index is -0.999. The number of benzene rings is 2. The quantitative estimate of drug-likeness (QED) is 0.805. The molecule has 4 heteroatoms. The molecule has 0 heterocycles. The van der Waals surface area contributed by atoms with Crippen LogP contribution in [-0.4, -0.2) is 11.8 Å². The summed E-state index contributed by atoms with van der Waals surface area (Å²) in [4.78, 5) is 22.0. The Morgan fingerprint density at radius 3 is 2.47 bits per heavy atom. The Labute approximate surface area is 111 Å². The second kappa shape index (κ2) is 5.35. The molecule has 96 valence electrons. The van der Waals surface area contributed by atoms with E-state index < -0.39 is 11.8 Å². The molecule has 0 radical (unpaired) electrons. The summed E-state index contributed by atoms with van der Waals surface area (Å²) in [5.74, 6) is -1.82. The SMILES string of the molecule is Cc1ccccc1-c1cccc(NC(=O)C(N)=O)c1. The first kappa shape index (κ1) is 12.8. The normalized spacial score (nSPS) is 9.95. The maximum Gasteiger partial charge on any atom is 0.313 e. The van der Waals surface area contributed by atoms with Crippen LogP contribution in [0.4, 0.5) is 5.69 Å². The second-order valence-corrected chi connectivity index (χ2v) is 4.21. The lowest BCUT2D eigenvalue weighted by molar-refractivity contribution is -0.134. The van der Waals surface area contributed by atoms with E-state index >= 15 is 0 Å². The van der Waals surface area contributed by atoms with Gasteiger partial charge in [-0.2, -0.15) is 0 Å². The smallest absolute Gasteiger partial charge is 0.313 e. The second-order valence-electron chi connectivity index (χ2n) is 4.21. The maximum atomic E-state index is 11.2. The lowest BCUT2D eigenvalue weighted by atomic mass is 10.0. The predicted octanol–water partition coefficient (Wildman–Crippen LogP) is 2.09. The first-order valence-corrected chi connectivity index (χ1v) is 5.85. The Hall–Kier alpha value is -2.62. The number of nitrogens with one attached hydrogen (secondary N) is 1. The van der Waals surface area contributed by atoms with Crippen LogP contribution in [0.15, 0.2) is 48.5 Å². The Kier molecular flexibility index (Phi) is 3.61. The summed E-state index contributed by atoms with van der Waals surface area (Å²) >= 11 is 0. The number of rotatable bonds is 2. The summed E-state index contributed by atoms with van der Waals surface area (Å²) < 4.78 is 0. The van der Waals surface area contributed by atoms with Crippen LogP contribution in [0, 0.1) is 6.92 Å². The molecule has 0 fully saturated rings. The molecular formula is C15H14N2O2. The number of carbonyl (C=O) groups is 2. The summed E-state index contributed by atoms with van der Waals surface area (Å²) in [5, 5.41) is 2.46. The molecule has 0 bridgehead atoms. The molecule has 0 saturated carbocycles. The summed E-state index contributed by atoms with van der Waals surface area (Å²) in [7, 11) is 0. The van der Waals surface area contributed by atoms with E-state index in [0.717, 1.165) is 16.7 Å². The molecular weight excluding hydrogens is 240 g/mol. The van der Waals surface area contributed by atoms with Crippen LogP contribution in [0.25, 0.3) is 11.1 Å². The van der Waals surface area contributed by atoms with Crippen molar-refractivity contribution >= 4 is 17.5 Å². The number of carbonyl (C=O) groups excluding carboxylic acids is 2. The average molecular weight is 254 g/mol. The molecule has 2 aromatic rings. The molecule has 0 atom stereocenters. The standard InChI is InChI=1S/C15H14N2O2/c1-10-5-2-3-8-13(10)11-6-4-7-12(9-11)17-15(19)14(16)18/h2-9H,1H3,(H2,16,18)(H,17,19). The fourth-order valence-electron chi connectivity index (χ4n) is 1.85. The zero-order chi connectivity index (χ0) is 13.8. The van der Waals surface area contributed by atoms with Gasteiger partial charge in [0.15, 0.2) is 0 Å². The highest BCUT2D eigenvalue weighted by Crippen LogP contribution is 2.25. The van der Waals surface area contributed by atoms with Gasteiger partial charge in [-0.15, -0.1) is 0 Å². The molecule has 0 aliphatic carbocycles. The largest absolute Gasteiger partial charge is 0.361 e. The van der Waals surface area contributed by atoms with Crippen LogP contribution in [0.1, 0.15) is 5.56 Å². The predicted molar refractivity (Wildman–Crippen MR) is 74.4 cm³/mol. The zero-order valence-electron chi connectivity index (χ0n) is 10.5. The number of amides is 2. The molecule has 0 aromatic heterocycles. The van der Waals surface area contributed by atoms with Crippen molar-refractivity contribution in [2.75, 3.05) is 5.32 Å². The number of aryl methyl sites for hydroxylation is 1. The fourth-order valence-corrected chi connectivity index (χ4v) is 1.85. The highest BCUT2D eigenvalue weighted by Gasteiger charge is 2.09. The molecule has 19 heavy (non-hydrogen) atoms. The van der Waals surface area contributed by atoms with E-state index in [-0.39, 0.29) is 0 Å². The van der Waals surface area contributed by atoms with Crippen molar-refractivity contribution < 1.29 is 9.59 Å². The van der Waals surface area contributed by atoms with Crippen molar-refractivity contribution in [3.63, 3.8) is 0 Å². The molecule has 0 aliphatic heterocycles. The molecule has 0 spiro atoms. The van der Waals surface area contributed by atoms with Gasteiger partial charge in [0, 0.05) is 5.69 Å². The van der Waals surface area contributed by atoms with Gasteiger partial charge in [-0.25, -0.2) is 0 Å². The number of anilines is 1. The Morgan fingerprint density at radius 1 is 1.05 bits per heavy atom. The van der Waals surface area contributed by atoms with Gasteiger partial charge in [0.25, 0.3) is 0 Å². The van der Waals surface area contributed by atoms with Crippen LogP contribution < -0.4 is 11.1 Å². The van der Waals surface area contributed by atoms with Crippen molar-refractivity contribution in [3.05, 3.63) is 54.1 Å². The van der Waals surface area contributed by atoms with Gasteiger partial charge in [0.05, 0.1) is 0 Å². The fraction of sp³-hybridized carbons (Fsp3) is 0.0667. The Morgan fingerprint density at radius 2 is 1.79 bits per heavy atom. The van der Waals surface area contributed by atoms with Crippen LogP contribution >= 0.6 is 0 Å². The van der Waals surface area contributed by atoms with Gasteiger partial charge in [-0.05, 0) is 35.7 Å². The first-order chi connectivity index (χ1) is 9.08. The molecule has 0 unspecified atom stereocenters.